The normalized spacial score (nSPS) is 11.4. The molecule has 0 aliphatic carbocycles. The fourth-order valence-corrected chi connectivity index (χ4v) is 1.88. The summed E-state index contributed by atoms with van der Waals surface area (Å²) in [7, 11) is 0. The van der Waals surface area contributed by atoms with E-state index in [1.165, 1.54) is 10.5 Å². The maximum absolute atomic E-state index is 4.00. The van der Waals surface area contributed by atoms with Crippen molar-refractivity contribution in [3.05, 3.63) is 65.7 Å². The van der Waals surface area contributed by atoms with Crippen LogP contribution in [0, 0.1) is 6.92 Å². The van der Waals surface area contributed by atoms with Gasteiger partial charge in [-0.05, 0) is 24.6 Å². The van der Waals surface area contributed by atoms with Gasteiger partial charge in [0.1, 0.15) is 0 Å². The highest BCUT2D eigenvalue weighted by Crippen LogP contribution is 2.15. The van der Waals surface area contributed by atoms with Crippen LogP contribution in [0.25, 0.3) is 0 Å². The Morgan fingerprint density at radius 1 is 0.889 bits per heavy atom. The largest absolute Gasteiger partial charge is 0.158 e. The molecule has 3 heteroatoms. The zero-order valence-corrected chi connectivity index (χ0v) is 11.0. The number of hydrogen-bond donors (Lipinski definition) is 0. The number of hydrogen-bond acceptors (Lipinski definition) is 3. The van der Waals surface area contributed by atoms with E-state index in [0.29, 0.717) is 0 Å². The Bertz CT molecular complexity index is 530. The van der Waals surface area contributed by atoms with Gasteiger partial charge in [0.15, 0.2) is 0 Å². The molecule has 0 atom stereocenters. The molecule has 2 aromatic rings. The lowest BCUT2D eigenvalue weighted by atomic mass is 10.2. The first-order valence-electron chi connectivity index (χ1n) is 5.68. The van der Waals surface area contributed by atoms with E-state index < -0.39 is 0 Å². The van der Waals surface area contributed by atoms with E-state index in [-0.39, 0.29) is 0 Å². The molecule has 2 rings (SSSR count). The molecule has 0 spiro atoms. The lowest BCUT2D eigenvalue weighted by molar-refractivity contribution is 1.27. The fourth-order valence-electron chi connectivity index (χ4n) is 1.37. The molecule has 0 N–H and O–H groups in total. The van der Waals surface area contributed by atoms with E-state index in [1.54, 1.807) is 23.5 Å². The summed E-state index contributed by atoms with van der Waals surface area (Å²) >= 11 is 1.56. The molecule has 0 saturated carbocycles. The summed E-state index contributed by atoms with van der Waals surface area (Å²) in [6.45, 7) is 2.08. The Labute approximate surface area is 111 Å². The molecule has 0 fully saturated rings. The summed E-state index contributed by atoms with van der Waals surface area (Å²) in [6.07, 6.45) is 1.74. The number of benzene rings is 2. The van der Waals surface area contributed by atoms with E-state index in [4.69, 9.17) is 0 Å². The van der Waals surface area contributed by atoms with Crippen molar-refractivity contribution in [2.75, 3.05) is 0 Å². The number of nitrogens with zero attached hydrogens (tertiary/aromatic N) is 2. The lowest BCUT2D eigenvalue weighted by Gasteiger charge is -1.95. The molecule has 90 valence electrons. The van der Waals surface area contributed by atoms with Crippen molar-refractivity contribution in [3.8, 4) is 0 Å². The first-order chi connectivity index (χ1) is 8.84. The SMILES string of the molecule is Cc1ccc(S/C=N/N=C/c2ccccc2)cc1. The van der Waals surface area contributed by atoms with Crippen LogP contribution in [0.15, 0.2) is 69.7 Å². The Morgan fingerprint density at radius 3 is 2.33 bits per heavy atom. The van der Waals surface area contributed by atoms with Crippen LogP contribution in [0.1, 0.15) is 11.1 Å². The summed E-state index contributed by atoms with van der Waals surface area (Å²) < 4.78 is 0. The minimum atomic E-state index is 1.05. The van der Waals surface area contributed by atoms with Gasteiger partial charge in [-0.2, -0.15) is 10.2 Å². The van der Waals surface area contributed by atoms with Crippen molar-refractivity contribution in [1.82, 2.24) is 0 Å². The first-order valence-corrected chi connectivity index (χ1v) is 6.56. The molecule has 0 bridgehead atoms. The van der Waals surface area contributed by atoms with Gasteiger partial charge in [0.05, 0.1) is 11.8 Å². The van der Waals surface area contributed by atoms with Gasteiger partial charge in [0.2, 0.25) is 0 Å². The molecule has 0 aliphatic heterocycles. The van der Waals surface area contributed by atoms with Crippen molar-refractivity contribution in [3.63, 3.8) is 0 Å². The van der Waals surface area contributed by atoms with Crippen LogP contribution in [-0.4, -0.2) is 11.8 Å². The van der Waals surface area contributed by atoms with Crippen molar-refractivity contribution in [2.24, 2.45) is 10.2 Å². The summed E-state index contributed by atoms with van der Waals surface area (Å²) in [6, 6.07) is 18.2. The summed E-state index contributed by atoms with van der Waals surface area (Å²) in [5, 5.41) is 7.99. The molecule has 2 aromatic carbocycles. The lowest BCUT2D eigenvalue weighted by Crippen LogP contribution is -1.77. The average Bonchev–Trinajstić information content (AvgIpc) is 2.42. The van der Waals surface area contributed by atoms with Gasteiger partial charge in [0, 0.05) is 4.90 Å². The second kappa shape index (κ2) is 6.77. The van der Waals surface area contributed by atoms with E-state index >= 15 is 0 Å². The van der Waals surface area contributed by atoms with Crippen LogP contribution in [-0.2, 0) is 0 Å². The summed E-state index contributed by atoms with van der Waals surface area (Å²) in [5.41, 5.74) is 4.05. The average molecular weight is 254 g/mol. The molecule has 0 heterocycles. The molecule has 0 amide bonds. The molecule has 0 aromatic heterocycles. The monoisotopic (exact) mass is 254 g/mol. The van der Waals surface area contributed by atoms with E-state index in [2.05, 4.69) is 41.4 Å². The quantitative estimate of drug-likeness (QED) is 0.348. The van der Waals surface area contributed by atoms with Crippen molar-refractivity contribution >= 4 is 23.5 Å². The van der Waals surface area contributed by atoms with Crippen molar-refractivity contribution < 1.29 is 0 Å². The van der Waals surface area contributed by atoms with Crippen molar-refractivity contribution in [1.29, 1.82) is 0 Å². The Balaban J connectivity index is 1.85. The number of thioether (sulfide) groups is 1. The molecule has 2 nitrogen and oxygen atoms in total. The Hall–Kier alpha value is -1.87. The van der Waals surface area contributed by atoms with Gasteiger partial charge in [-0.1, -0.05) is 59.8 Å². The maximum Gasteiger partial charge on any atom is 0.0872 e. The van der Waals surface area contributed by atoms with Crippen LogP contribution in [0.3, 0.4) is 0 Å². The third kappa shape index (κ3) is 4.18. The molecule has 0 aliphatic rings. The first kappa shape index (κ1) is 12.6. The highest BCUT2D eigenvalue weighted by Gasteiger charge is 1.89. The highest BCUT2D eigenvalue weighted by atomic mass is 32.2. The van der Waals surface area contributed by atoms with Gasteiger partial charge < -0.3 is 0 Å². The van der Waals surface area contributed by atoms with Gasteiger partial charge >= 0.3 is 0 Å². The number of aryl methyl sites for hydroxylation is 1. The van der Waals surface area contributed by atoms with Crippen molar-refractivity contribution in [2.45, 2.75) is 11.8 Å². The minimum Gasteiger partial charge on any atom is -0.158 e. The van der Waals surface area contributed by atoms with Gasteiger partial charge in [-0.3, -0.25) is 0 Å². The summed E-state index contributed by atoms with van der Waals surface area (Å²) in [4.78, 5) is 1.17. The van der Waals surface area contributed by atoms with E-state index in [0.717, 1.165) is 5.56 Å². The van der Waals surface area contributed by atoms with E-state index in [1.807, 2.05) is 30.3 Å². The molecular weight excluding hydrogens is 240 g/mol. The summed E-state index contributed by atoms with van der Waals surface area (Å²) in [5.74, 6) is 0. The standard InChI is InChI=1S/C15H14N2S/c1-13-7-9-15(10-8-13)18-12-17-16-11-14-5-3-2-4-6-14/h2-12H,1H3/b16-11+,17-12+. The van der Waals surface area contributed by atoms with E-state index in [9.17, 15) is 0 Å². The van der Waals surface area contributed by atoms with Gasteiger partial charge in [0.25, 0.3) is 0 Å². The zero-order chi connectivity index (χ0) is 12.6. The molecule has 0 saturated heterocycles. The highest BCUT2D eigenvalue weighted by molar-refractivity contribution is 8.12. The third-order valence-corrected chi connectivity index (χ3v) is 3.07. The Morgan fingerprint density at radius 2 is 1.61 bits per heavy atom. The van der Waals surface area contributed by atoms with Crippen LogP contribution < -0.4 is 0 Å². The Kier molecular flexibility index (Phi) is 4.73. The second-order valence-electron chi connectivity index (χ2n) is 3.81. The fraction of sp³-hybridized carbons (Fsp3) is 0.0667. The van der Waals surface area contributed by atoms with Crippen LogP contribution in [0.4, 0.5) is 0 Å². The second-order valence-corrected chi connectivity index (χ2v) is 4.72. The maximum atomic E-state index is 4.00. The third-order valence-electron chi connectivity index (χ3n) is 2.33. The molecular formula is C15H14N2S. The zero-order valence-electron chi connectivity index (χ0n) is 10.2. The molecule has 0 unspecified atom stereocenters. The van der Waals surface area contributed by atoms with Crippen LogP contribution in [0.5, 0.6) is 0 Å². The minimum absolute atomic E-state index is 1.05. The smallest absolute Gasteiger partial charge is 0.0872 e. The predicted octanol–water partition coefficient (Wildman–Crippen LogP) is 4.15. The van der Waals surface area contributed by atoms with Gasteiger partial charge in [-0.15, -0.1) is 0 Å². The number of rotatable bonds is 4. The predicted molar refractivity (Wildman–Crippen MR) is 79.6 cm³/mol. The van der Waals surface area contributed by atoms with Crippen LogP contribution >= 0.6 is 11.8 Å². The topological polar surface area (TPSA) is 24.7 Å². The van der Waals surface area contributed by atoms with Gasteiger partial charge in [-0.25, -0.2) is 0 Å². The molecule has 0 radical (unpaired) electrons. The molecule has 18 heavy (non-hydrogen) atoms. The van der Waals surface area contributed by atoms with Crippen LogP contribution in [0.2, 0.25) is 0 Å².